The first-order valence-corrected chi connectivity index (χ1v) is 5.47. The molecule has 104 valence electrons. The number of hydrogen-bond acceptors (Lipinski definition) is 4. The molecule has 0 spiro atoms. The van der Waals surface area contributed by atoms with Crippen LogP contribution in [-0.2, 0) is 19.1 Å². The second kappa shape index (κ2) is 6.95. The molecule has 0 radical (unpaired) electrons. The van der Waals surface area contributed by atoms with E-state index in [0.717, 1.165) is 0 Å². The predicted octanol–water partition coefficient (Wildman–Crippen LogP) is 0.236. The van der Waals surface area contributed by atoms with Gasteiger partial charge in [0.2, 0.25) is 5.91 Å². The first-order valence-electron chi connectivity index (χ1n) is 5.47. The summed E-state index contributed by atoms with van der Waals surface area (Å²) in [5.41, 5.74) is -0.695. The number of hydrogen-bond donors (Lipinski definition) is 3. The minimum Gasteiger partial charge on any atom is -0.481 e. The van der Waals surface area contributed by atoms with Crippen LogP contribution in [0.25, 0.3) is 0 Å². The van der Waals surface area contributed by atoms with Gasteiger partial charge in [0, 0.05) is 13.5 Å². The Morgan fingerprint density at radius 1 is 1.28 bits per heavy atom. The number of carboxylic acids is 2. The lowest BCUT2D eigenvalue weighted by molar-refractivity contribution is -0.144. The molecule has 0 saturated heterocycles. The number of carboxylic acid groups (broad SMARTS) is 2. The van der Waals surface area contributed by atoms with Crippen LogP contribution < -0.4 is 5.32 Å². The molecule has 0 aromatic carbocycles. The van der Waals surface area contributed by atoms with E-state index in [0.29, 0.717) is 0 Å². The van der Waals surface area contributed by atoms with Gasteiger partial charge in [-0.25, -0.2) is 4.79 Å². The summed E-state index contributed by atoms with van der Waals surface area (Å²) in [7, 11) is 1.45. The van der Waals surface area contributed by atoms with Gasteiger partial charge in [-0.15, -0.1) is 0 Å². The quantitative estimate of drug-likeness (QED) is 0.576. The zero-order chi connectivity index (χ0) is 14.3. The molecule has 7 heteroatoms. The lowest BCUT2D eigenvalue weighted by atomic mass is 10.0. The van der Waals surface area contributed by atoms with Crippen LogP contribution in [0.15, 0.2) is 0 Å². The fourth-order valence-electron chi connectivity index (χ4n) is 1.23. The van der Waals surface area contributed by atoms with Crippen LogP contribution in [-0.4, -0.2) is 46.8 Å². The minimum absolute atomic E-state index is 0.000349. The van der Waals surface area contributed by atoms with E-state index >= 15 is 0 Å². The molecule has 1 atom stereocenters. The summed E-state index contributed by atoms with van der Waals surface area (Å²) in [6.45, 7) is 3.39. The van der Waals surface area contributed by atoms with Crippen molar-refractivity contribution in [1.82, 2.24) is 5.32 Å². The van der Waals surface area contributed by atoms with Crippen molar-refractivity contribution in [1.29, 1.82) is 0 Å². The highest BCUT2D eigenvalue weighted by Gasteiger charge is 2.25. The molecule has 1 amide bonds. The minimum atomic E-state index is -1.25. The Kier molecular flexibility index (Phi) is 6.32. The average Bonchev–Trinajstić information content (AvgIpc) is 2.22. The van der Waals surface area contributed by atoms with Gasteiger partial charge >= 0.3 is 11.9 Å². The first kappa shape index (κ1) is 16.4. The number of ether oxygens (including phenoxy) is 1. The second-order valence-corrected chi connectivity index (χ2v) is 4.53. The van der Waals surface area contributed by atoms with Crippen molar-refractivity contribution in [2.75, 3.05) is 7.11 Å². The van der Waals surface area contributed by atoms with Crippen LogP contribution in [0.1, 0.15) is 33.1 Å². The van der Waals surface area contributed by atoms with Gasteiger partial charge in [-0.1, -0.05) is 0 Å². The van der Waals surface area contributed by atoms with Crippen LogP contribution in [0.4, 0.5) is 0 Å². The topological polar surface area (TPSA) is 113 Å². The number of aliphatic carboxylic acids is 2. The Bertz CT molecular complexity index is 325. The molecule has 0 aromatic rings. The molecule has 0 bridgehead atoms. The molecule has 0 aliphatic rings. The van der Waals surface area contributed by atoms with Crippen molar-refractivity contribution in [3.05, 3.63) is 0 Å². The smallest absolute Gasteiger partial charge is 0.326 e. The standard InChI is InChI=1S/C11H19NO6/c1-11(2,18-3)6-8(13)12-7(10(16)17)4-5-9(14)15/h7H,4-6H2,1-3H3,(H,12,13)(H,14,15)(H,16,17)/t7-/m0/s1. The largest absolute Gasteiger partial charge is 0.481 e. The third-order valence-corrected chi connectivity index (χ3v) is 2.42. The molecular weight excluding hydrogens is 242 g/mol. The maximum absolute atomic E-state index is 11.6. The summed E-state index contributed by atoms with van der Waals surface area (Å²) < 4.78 is 5.05. The van der Waals surface area contributed by atoms with E-state index < -0.39 is 29.5 Å². The van der Waals surface area contributed by atoms with Gasteiger partial charge in [-0.05, 0) is 20.3 Å². The first-order chi connectivity index (χ1) is 8.18. The monoisotopic (exact) mass is 261 g/mol. The number of amides is 1. The van der Waals surface area contributed by atoms with E-state index in [1.807, 2.05) is 0 Å². The number of rotatable bonds is 8. The molecule has 0 aromatic heterocycles. The van der Waals surface area contributed by atoms with E-state index in [9.17, 15) is 14.4 Å². The van der Waals surface area contributed by atoms with Crippen molar-refractivity contribution in [2.24, 2.45) is 0 Å². The molecule has 0 heterocycles. The summed E-state index contributed by atoms with van der Waals surface area (Å²) in [4.78, 5) is 32.8. The molecular formula is C11H19NO6. The predicted molar refractivity (Wildman–Crippen MR) is 62.1 cm³/mol. The average molecular weight is 261 g/mol. The van der Waals surface area contributed by atoms with E-state index in [1.165, 1.54) is 7.11 Å². The Morgan fingerprint density at radius 3 is 2.22 bits per heavy atom. The molecule has 0 rings (SSSR count). The van der Waals surface area contributed by atoms with Crippen LogP contribution >= 0.6 is 0 Å². The van der Waals surface area contributed by atoms with Gasteiger partial charge in [0.05, 0.1) is 12.0 Å². The zero-order valence-electron chi connectivity index (χ0n) is 10.7. The van der Waals surface area contributed by atoms with Crippen molar-refractivity contribution >= 4 is 17.8 Å². The summed E-state index contributed by atoms with van der Waals surface area (Å²) in [5.74, 6) is -2.84. The lowest BCUT2D eigenvalue weighted by Crippen LogP contribution is -2.43. The fourth-order valence-corrected chi connectivity index (χ4v) is 1.23. The second-order valence-electron chi connectivity index (χ2n) is 4.53. The van der Waals surface area contributed by atoms with Crippen LogP contribution in [0.3, 0.4) is 0 Å². The van der Waals surface area contributed by atoms with E-state index in [-0.39, 0.29) is 19.3 Å². The SMILES string of the molecule is COC(C)(C)CC(=O)N[C@@H](CCC(=O)O)C(=O)O. The van der Waals surface area contributed by atoms with Gasteiger partial charge in [-0.2, -0.15) is 0 Å². The van der Waals surface area contributed by atoms with Gasteiger partial charge in [0.25, 0.3) is 0 Å². The van der Waals surface area contributed by atoms with Crippen molar-refractivity contribution < 1.29 is 29.3 Å². The van der Waals surface area contributed by atoms with Gasteiger partial charge in [0.15, 0.2) is 0 Å². The highest BCUT2D eigenvalue weighted by atomic mass is 16.5. The van der Waals surface area contributed by atoms with Crippen molar-refractivity contribution in [3.63, 3.8) is 0 Å². The Morgan fingerprint density at radius 2 is 1.83 bits per heavy atom. The normalized spacial score (nSPS) is 12.8. The summed E-state index contributed by atoms with van der Waals surface area (Å²) >= 11 is 0. The van der Waals surface area contributed by atoms with E-state index in [1.54, 1.807) is 13.8 Å². The highest BCUT2D eigenvalue weighted by molar-refractivity contribution is 5.84. The van der Waals surface area contributed by atoms with Crippen molar-refractivity contribution in [2.45, 2.75) is 44.8 Å². The maximum atomic E-state index is 11.6. The summed E-state index contributed by atoms with van der Waals surface area (Å²) in [6, 6.07) is -1.19. The molecule has 7 nitrogen and oxygen atoms in total. The van der Waals surface area contributed by atoms with Crippen LogP contribution in [0.2, 0.25) is 0 Å². The van der Waals surface area contributed by atoms with Gasteiger partial charge in [0.1, 0.15) is 6.04 Å². The Hall–Kier alpha value is -1.63. The van der Waals surface area contributed by atoms with Gasteiger partial charge < -0.3 is 20.3 Å². The van der Waals surface area contributed by atoms with Crippen LogP contribution in [0, 0.1) is 0 Å². The number of carbonyl (C=O) groups is 3. The number of carbonyl (C=O) groups excluding carboxylic acids is 1. The molecule has 0 aliphatic carbocycles. The lowest BCUT2D eigenvalue weighted by Gasteiger charge is -2.23. The van der Waals surface area contributed by atoms with E-state index in [2.05, 4.69) is 5.32 Å². The van der Waals surface area contributed by atoms with E-state index in [4.69, 9.17) is 14.9 Å². The number of nitrogens with one attached hydrogen (secondary N) is 1. The fraction of sp³-hybridized carbons (Fsp3) is 0.727. The molecule has 18 heavy (non-hydrogen) atoms. The molecule has 0 fully saturated rings. The Balaban J connectivity index is 4.37. The zero-order valence-corrected chi connectivity index (χ0v) is 10.7. The van der Waals surface area contributed by atoms with Crippen molar-refractivity contribution in [3.8, 4) is 0 Å². The summed E-state index contributed by atoms with van der Waals surface area (Å²) in [6.07, 6.45) is -0.463. The molecule has 3 N–H and O–H groups in total. The molecule has 0 aliphatic heterocycles. The van der Waals surface area contributed by atoms with Crippen LogP contribution in [0.5, 0.6) is 0 Å². The summed E-state index contributed by atoms with van der Waals surface area (Å²) in [5, 5.41) is 19.6. The molecule has 0 saturated carbocycles. The Labute approximate surface area is 105 Å². The highest BCUT2D eigenvalue weighted by Crippen LogP contribution is 2.12. The number of methoxy groups -OCH3 is 1. The molecule has 0 unspecified atom stereocenters. The maximum Gasteiger partial charge on any atom is 0.326 e. The third-order valence-electron chi connectivity index (χ3n) is 2.42. The third kappa shape index (κ3) is 6.85. The van der Waals surface area contributed by atoms with Gasteiger partial charge in [-0.3, -0.25) is 9.59 Å².